The largest absolute Gasteiger partial charge is 0.355 e. The zero-order valence-corrected chi connectivity index (χ0v) is 14.3. The zero-order valence-electron chi connectivity index (χ0n) is 13.5. The van der Waals surface area contributed by atoms with Crippen LogP contribution in [-0.2, 0) is 4.79 Å². The van der Waals surface area contributed by atoms with Crippen molar-refractivity contribution in [3.8, 4) is 11.3 Å². The number of amides is 2. The molecular formula is C18H13ClFN3O3. The average molecular weight is 374 g/mol. The molecule has 0 atom stereocenters. The molecule has 0 aliphatic carbocycles. The van der Waals surface area contributed by atoms with Crippen molar-refractivity contribution in [1.82, 2.24) is 5.16 Å². The number of halogens is 2. The summed E-state index contributed by atoms with van der Waals surface area (Å²) in [5, 5.41) is 9.13. The highest BCUT2D eigenvalue weighted by atomic mass is 35.5. The Hall–Kier alpha value is -3.19. The second-order valence-electron chi connectivity index (χ2n) is 5.42. The number of nitrogens with one attached hydrogen (secondary N) is 2. The lowest BCUT2D eigenvalue weighted by Crippen LogP contribution is -2.14. The summed E-state index contributed by atoms with van der Waals surface area (Å²) in [6, 6.07) is 12.1. The number of anilines is 2. The third-order valence-electron chi connectivity index (χ3n) is 3.39. The van der Waals surface area contributed by atoms with Crippen molar-refractivity contribution in [3.63, 3.8) is 0 Å². The molecule has 8 heteroatoms. The fraction of sp³-hybridized carbons (Fsp3) is 0.0556. The molecule has 3 rings (SSSR count). The molecule has 0 aliphatic heterocycles. The van der Waals surface area contributed by atoms with Crippen LogP contribution in [0.5, 0.6) is 0 Å². The highest BCUT2D eigenvalue weighted by Crippen LogP contribution is 2.24. The van der Waals surface area contributed by atoms with Crippen molar-refractivity contribution >= 4 is 34.8 Å². The molecule has 132 valence electrons. The first-order valence-electron chi connectivity index (χ1n) is 7.53. The molecule has 2 aromatic carbocycles. The van der Waals surface area contributed by atoms with Gasteiger partial charge < -0.3 is 15.2 Å². The Kier molecular flexibility index (Phi) is 4.99. The molecule has 1 aromatic heterocycles. The monoisotopic (exact) mass is 373 g/mol. The summed E-state index contributed by atoms with van der Waals surface area (Å²) in [6.45, 7) is 1.33. The van der Waals surface area contributed by atoms with Gasteiger partial charge in [0.15, 0.2) is 11.5 Å². The Morgan fingerprint density at radius 2 is 1.92 bits per heavy atom. The Labute approximate surface area is 152 Å². The predicted octanol–water partition coefficient (Wildman–Crippen LogP) is 4.34. The maximum Gasteiger partial charge on any atom is 0.277 e. The molecule has 0 unspecified atom stereocenters. The second kappa shape index (κ2) is 7.37. The van der Waals surface area contributed by atoms with Crippen LogP contribution in [0.4, 0.5) is 15.8 Å². The Morgan fingerprint density at radius 3 is 2.65 bits per heavy atom. The van der Waals surface area contributed by atoms with Crippen LogP contribution in [0.2, 0.25) is 5.02 Å². The first kappa shape index (κ1) is 17.6. The van der Waals surface area contributed by atoms with Crippen LogP contribution >= 0.6 is 11.6 Å². The minimum atomic E-state index is -0.652. The Balaban J connectivity index is 1.80. The van der Waals surface area contributed by atoms with Crippen LogP contribution in [-0.4, -0.2) is 17.0 Å². The number of carbonyl (C=O) groups is 2. The SMILES string of the molecule is CC(=O)Nc1ccc(F)c(NC(=O)c2cc(-c3cccc(Cl)c3)on2)c1. The molecule has 1 heterocycles. The smallest absolute Gasteiger partial charge is 0.277 e. The minimum Gasteiger partial charge on any atom is -0.355 e. The fourth-order valence-electron chi connectivity index (χ4n) is 2.25. The first-order chi connectivity index (χ1) is 12.4. The molecule has 0 saturated heterocycles. The van der Waals surface area contributed by atoms with E-state index in [1.807, 2.05) is 0 Å². The van der Waals surface area contributed by atoms with Gasteiger partial charge in [-0.05, 0) is 30.3 Å². The maximum atomic E-state index is 13.9. The van der Waals surface area contributed by atoms with Gasteiger partial charge in [-0.3, -0.25) is 9.59 Å². The summed E-state index contributed by atoms with van der Waals surface area (Å²) in [6.07, 6.45) is 0. The van der Waals surface area contributed by atoms with Gasteiger partial charge in [0, 0.05) is 29.3 Å². The topological polar surface area (TPSA) is 84.2 Å². The summed E-state index contributed by atoms with van der Waals surface area (Å²) in [7, 11) is 0. The number of rotatable bonds is 4. The number of hydrogen-bond acceptors (Lipinski definition) is 4. The van der Waals surface area contributed by atoms with Crippen molar-refractivity contribution < 1.29 is 18.5 Å². The fourth-order valence-corrected chi connectivity index (χ4v) is 2.44. The maximum absolute atomic E-state index is 13.9. The molecule has 2 amide bonds. The zero-order chi connectivity index (χ0) is 18.7. The van der Waals surface area contributed by atoms with Crippen molar-refractivity contribution in [1.29, 1.82) is 0 Å². The van der Waals surface area contributed by atoms with E-state index in [4.69, 9.17) is 16.1 Å². The quantitative estimate of drug-likeness (QED) is 0.712. The summed E-state index contributed by atoms with van der Waals surface area (Å²) in [5.74, 6) is -1.26. The van der Waals surface area contributed by atoms with Crippen molar-refractivity contribution in [2.45, 2.75) is 6.92 Å². The van der Waals surface area contributed by atoms with E-state index in [2.05, 4.69) is 15.8 Å². The van der Waals surface area contributed by atoms with Crippen LogP contribution < -0.4 is 10.6 Å². The van der Waals surface area contributed by atoms with Gasteiger partial charge in [-0.15, -0.1) is 0 Å². The van der Waals surface area contributed by atoms with E-state index in [9.17, 15) is 14.0 Å². The third kappa shape index (κ3) is 4.07. The van der Waals surface area contributed by atoms with Crippen LogP contribution in [0.25, 0.3) is 11.3 Å². The minimum absolute atomic E-state index is 0.0238. The van der Waals surface area contributed by atoms with E-state index < -0.39 is 11.7 Å². The molecule has 0 bridgehead atoms. The van der Waals surface area contributed by atoms with E-state index >= 15 is 0 Å². The van der Waals surface area contributed by atoms with E-state index in [-0.39, 0.29) is 17.3 Å². The molecule has 6 nitrogen and oxygen atoms in total. The predicted molar refractivity (Wildman–Crippen MR) is 95.6 cm³/mol. The number of aromatic nitrogens is 1. The molecule has 0 saturated carbocycles. The number of benzene rings is 2. The standard InChI is InChI=1S/C18H13ClFN3O3/c1-10(24)21-13-5-6-14(20)15(8-13)22-18(25)16-9-17(26-23-16)11-3-2-4-12(19)7-11/h2-9H,1H3,(H,21,24)(H,22,25). The second-order valence-corrected chi connectivity index (χ2v) is 5.85. The van der Waals surface area contributed by atoms with Gasteiger partial charge in [0.25, 0.3) is 5.91 Å². The van der Waals surface area contributed by atoms with Gasteiger partial charge in [-0.25, -0.2) is 4.39 Å². The lowest BCUT2D eigenvalue weighted by atomic mass is 10.1. The molecule has 26 heavy (non-hydrogen) atoms. The molecule has 0 spiro atoms. The first-order valence-corrected chi connectivity index (χ1v) is 7.91. The molecule has 3 aromatic rings. The van der Waals surface area contributed by atoms with E-state index in [0.717, 1.165) is 6.07 Å². The summed E-state index contributed by atoms with van der Waals surface area (Å²) < 4.78 is 19.1. The van der Waals surface area contributed by atoms with Gasteiger partial charge in [0.05, 0.1) is 5.69 Å². The van der Waals surface area contributed by atoms with Gasteiger partial charge in [-0.1, -0.05) is 28.9 Å². The van der Waals surface area contributed by atoms with Crippen LogP contribution in [0.15, 0.2) is 53.1 Å². The molecule has 2 N–H and O–H groups in total. The van der Waals surface area contributed by atoms with E-state index in [1.54, 1.807) is 24.3 Å². The lowest BCUT2D eigenvalue weighted by Gasteiger charge is -2.07. The molecule has 0 radical (unpaired) electrons. The molecule has 0 fully saturated rings. The summed E-state index contributed by atoms with van der Waals surface area (Å²) in [5.41, 5.74) is 0.898. The van der Waals surface area contributed by atoms with Gasteiger partial charge in [-0.2, -0.15) is 0 Å². The summed E-state index contributed by atoms with van der Waals surface area (Å²) in [4.78, 5) is 23.4. The van der Waals surface area contributed by atoms with Crippen LogP contribution in [0.3, 0.4) is 0 Å². The average Bonchev–Trinajstić information content (AvgIpc) is 3.07. The molecular weight excluding hydrogens is 361 g/mol. The van der Waals surface area contributed by atoms with Crippen molar-refractivity contribution in [3.05, 3.63) is 65.1 Å². The van der Waals surface area contributed by atoms with E-state index in [1.165, 1.54) is 25.1 Å². The number of nitrogens with zero attached hydrogens (tertiary/aromatic N) is 1. The third-order valence-corrected chi connectivity index (χ3v) is 3.62. The lowest BCUT2D eigenvalue weighted by molar-refractivity contribution is -0.114. The van der Waals surface area contributed by atoms with Gasteiger partial charge in [0.2, 0.25) is 5.91 Å². The highest BCUT2D eigenvalue weighted by molar-refractivity contribution is 6.30. The molecule has 0 aliphatic rings. The van der Waals surface area contributed by atoms with Crippen LogP contribution in [0.1, 0.15) is 17.4 Å². The Bertz CT molecular complexity index is 987. The highest BCUT2D eigenvalue weighted by Gasteiger charge is 2.16. The summed E-state index contributed by atoms with van der Waals surface area (Å²) >= 11 is 5.93. The van der Waals surface area contributed by atoms with E-state index in [0.29, 0.717) is 22.0 Å². The van der Waals surface area contributed by atoms with Gasteiger partial charge in [0.1, 0.15) is 5.82 Å². The number of carbonyl (C=O) groups excluding carboxylic acids is 2. The van der Waals surface area contributed by atoms with Gasteiger partial charge >= 0.3 is 0 Å². The van der Waals surface area contributed by atoms with Crippen LogP contribution in [0, 0.1) is 5.82 Å². The Morgan fingerprint density at radius 1 is 1.12 bits per heavy atom. The number of hydrogen-bond donors (Lipinski definition) is 2. The van der Waals surface area contributed by atoms with Crippen molar-refractivity contribution in [2.75, 3.05) is 10.6 Å². The normalized spacial score (nSPS) is 10.4. The van der Waals surface area contributed by atoms with Crippen molar-refractivity contribution in [2.24, 2.45) is 0 Å².